The average Bonchev–Trinajstić information content (AvgIpc) is 1.00. The molecule has 0 aromatic heterocycles. The van der Waals surface area contributed by atoms with Gasteiger partial charge in [-0.15, -0.1) is 0 Å². The summed E-state index contributed by atoms with van der Waals surface area (Å²) < 4.78 is 8.30. The van der Waals surface area contributed by atoms with E-state index in [2.05, 4.69) is 0 Å². The van der Waals surface area contributed by atoms with Gasteiger partial charge in [-0.05, 0) is 0 Å². The Balaban J connectivity index is -0.000000000833. The van der Waals surface area contributed by atoms with E-state index in [1.165, 1.54) is 0 Å². The predicted molar refractivity (Wildman–Crippen MR) is 8.66 cm³/mol. The molecular weight excluding hydrogens is 312 g/mol. The summed E-state index contributed by atoms with van der Waals surface area (Å²) in [4.78, 5) is 0. The normalized spacial score (nSPS) is 0.750. The van der Waals surface area contributed by atoms with E-state index in [4.69, 9.17) is 3.25 Å². The summed E-state index contributed by atoms with van der Waals surface area (Å²) in [7, 11) is 0. The summed E-state index contributed by atoms with van der Waals surface area (Å²) >= 11 is 0.500. The maximum absolute atomic E-state index is 8.30. The van der Waals surface area contributed by atoms with Crippen LogP contribution in [-0.4, -0.2) is 48.9 Å². The molecule has 0 heterocycles. The van der Waals surface area contributed by atoms with Crippen molar-refractivity contribution < 1.29 is 46.6 Å². The Kier molecular flexibility index (Phi) is 68.2. The third-order valence-corrected chi connectivity index (χ3v) is 0. The van der Waals surface area contributed by atoms with Crippen LogP contribution in [0.2, 0.25) is 0 Å². The summed E-state index contributed by atoms with van der Waals surface area (Å²) in [6, 6.07) is 0. The molecule has 0 rings (SSSR count). The fourth-order valence-electron chi connectivity index (χ4n) is 0. The minimum atomic E-state index is 0. The molecule has 0 amide bonds. The summed E-state index contributed by atoms with van der Waals surface area (Å²) in [6.45, 7) is 0. The molecule has 0 N–H and O–H groups in total. The van der Waals surface area contributed by atoms with E-state index in [-0.39, 0.29) is 71.2 Å². The van der Waals surface area contributed by atoms with Gasteiger partial charge in [0.15, 0.2) is 0 Å². The van der Waals surface area contributed by atoms with Gasteiger partial charge in [0, 0.05) is 19.5 Å². The minimum absolute atomic E-state index is 0. The van der Waals surface area contributed by atoms with E-state index in [1.54, 1.807) is 0 Å². The smallest absolute Gasteiger partial charge is 0 e. The maximum Gasteiger partial charge on any atom is 0 e. The van der Waals surface area contributed by atoms with E-state index >= 15 is 0 Å². The van der Waals surface area contributed by atoms with Crippen LogP contribution in [0.5, 0.6) is 0 Å². The molecule has 1 nitrogen and oxygen atoms in total. The quantitative estimate of drug-likeness (QED) is 0.562. The Morgan fingerprint density at radius 3 is 1.50 bits per heavy atom. The van der Waals surface area contributed by atoms with Gasteiger partial charge in [-0.2, -0.15) is 0 Å². The first-order valence-electron chi connectivity index (χ1n) is 0.183. The van der Waals surface area contributed by atoms with Gasteiger partial charge in [-0.3, -0.25) is 0 Å². The van der Waals surface area contributed by atoms with E-state index in [9.17, 15) is 0 Å². The first-order valence-corrected chi connectivity index (χ1v) is 1.08. The summed E-state index contributed by atoms with van der Waals surface area (Å²) in [5, 5.41) is 0. The van der Waals surface area contributed by atoms with Crippen molar-refractivity contribution in [1.29, 1.82) is 0 Å². The second-order valence-corrected chi connectivity index (χ2v) is 0. The molecule has 0 atom stereocenters. The standard InChI is InChI=1S/Ba.Nb.O.Zn.2H/q+2;;;;2*-1. The van der Waals surface area contributed by atoms with Gasteiger partial charge in [0.25, 0.3) is 0 Å². The largest absolute Gasteiger partial charge is 0 e. The Morgan fingerprint density at radius 2 is 1.50 bits per heavy atom. The molecule has 0 aliphatic heterocycles. The zero-order valence-electron chi connectivity index (χ0n) is 4.27. The average molecular weight is 314 g/mol. The minimum Gasteiger partial charge on any atom is 0 e. The molecule has 0 fully saturated rings. The van der Waals surface area contributed by atoms with Crippen molar-refractivity contribution in [3.63, 3.8) is 0 Å². The number of rotatable bonds is 0. The third kappa shape index (κ3) is 8.83. The van der Waals surface area contributed by atoms with Crippen LogP contribution < -0.4 is 0 Å². The monoisotopic (exact) mass is 313 g/mol. The van der Waals surface area contributed by atoms with Crippen molar-refractivity contribution in [3.05, 3.63) is 0 Å². The number of hydrogen-bond donors (Lipinski definition) is 0. The van der Waals surface area contributed by atoms with Crippen molar-refractivity contribution in [3.8, 4) is 0 Å². The van der Waals surface area contributed by atoms with Crippen molar-refractivity contribution in [1.82, 2.24) is 0 Å². The Morgan fingerprint density at radius 1 is 1.50 bits per heavy atom. The van der Waals surface area contributed by atoms with E-state index < -0.39 is 0 Å². The molecule has 17 valence electrons. The molecule has 0 aliphatic rings. The van der Waals surface area contributed by atoms with Crippen LogP contribution in [0, 0.1) is 0 Å². The van der Waals surface area contributed by atoms with Crippen LogP contribution in [-0.2, 0) is 43.8 Å². The van der Waals surface area contributed by atoms with E-state index in [1.807, 2.05) is 0 Å². The first-order chi connectivity index (χ1) is 1.00. The van der Waals surface area contributed by atoms with Gasteiger partial charge < -0.3 is 2.85 Å². The van der Waals surface area contributed by atoms with Gasteiger partial charge in [0.2, 0.25) is 0 Å². The van der Waals surface area contributed by atoms with Crippen LogP contribution in [0.4, 0.5) is 0 Å². The van der Waals surface area contributed by atoms with Crippen molar-refractivity contribution in [2.45, 2.75) is 0 Å². The van der Waals surface area contributed by atoms with Crippen molar-refractivity contribution >= 4 is 48.9 Å². The van der Waals surface area contributed by atoms with Gasteiger partial charge in [-0.1, -0.05) is 0 Å². The van der Waals surface area contributed by atoms with Crippen molar-refractivity contribution in [2.75, 3.05) is 0 Å². The number of hydrogen-bond acceptors (Lipinski definition) is 1. The molecule has 0 bridgehead atoms. The fraction of sp³-hybridized carbons (Fsp3) is 0. The molecule has 0 spiro atoms. The Bertz CT molecular complexity index is 13.5. The van der Waals surface area contributed by atoms with E-state index in [0.717, 1.165) is 0 Å². The van der Waals surface area contributed by atoms with Crippen LogP contribution in [0.25, 0.3) is 0 Å². The first kappa shape index (κ1) is 15.9. The molecule has 0 aromatic carbocycles. The second-order valence-electron chi connectivity index (χ2n) is 0. The Labute approximate surface area is 93.3 Å². The molecule has 0 aromatic rings. The zero-order valence-corrected chi connectivity index (χ0v) is 11.9. The SMILES string of the molecule is [Ba+2].[H-].[H-].[O]=[Nb].[Zn]. The van der Waals surface area contributed by atoms with Crippen LogP contribution in [0.3, 0.4) is 0 Å². The summed E-state index contributed by atoms with van der Waals surface area (Å²) in [5.41, 5.74) is 0. The predicted octanol–water partition coefficient (Wildman–Crippen LogP) is -0.280. The van der Waals surface area contributed by atoms with E-state index in [0.29, 0.717) is 21.0 Å². The summed E-state index contributed by atoms with van der Waals surface area (Å²) in [5.74, 6) is 0. The molecular formula is H2BaNbOZn. The summed E-state index contributed by atoms with van der Waals surface area (Å²) in [6.07, 6.45) is 0. The van der Waals surface area contributed by atoms with Gasteiger partial charge >= 0.3 is 73.2 Å². The molecule has 0 saturated carbocycles. The van der Waals surface area contributed by atoms with Crippen LogP contribution in [0.1, 0.15) is 2.85 Å². The maximum atomic E-state index is 8.30. The van der Waals surface area contributed by atoms with Crippen LogP contribution >= 0.6 is 0 Å². The fourth-order valence-corrected chi connectivity index (χ4v) is 0. The molecule has 4 heavy (non-hydrogen) atoms. The Hall–Kier alpha value is 2.74. The van der Waals surface area contributed by atoms with Gasteiger partial charge in [0.1, 0.15) is 0 Å². The van der Waals surface area contributed by atoms with Crippen molar-refractivity contribution in [2.24, 2.45) is 0 Å². The third-order valence-electron chi connectivity index (χ3n) is 0. The molecule has 4 heteroatoms. The van der Waals surface area contributed by atoms with Crippen LogP contribution in [0.15, 0.2) is 0 Å². The topological polar surface area (TPSA) is 17.1 Å². The molecule has 0 unspecified atom stereocenters. The van der Waals surface area contributed by atoms with Gasteiger partial charge in [-0.25, -0.2) is 0 Å². The second kappa shape index (κ2) is 17.2. The molecule has 0 saturated heterocycles. The zero-order chi connectivity index (χ0) is 2.00. The molecule has 0 aliphatic carbocycles. The van der Waals surface area contributed by atoms with Gasteiger partial charge in [0.05, 0.1) is 0 Å². The molecule has 0 radical (unpaired) electrons.